The number of hydrogen-bond acceptors (Lipinski definition) is 3. The van der Waals surface area contributed by atoms with Crippen molar-refractivity contribution in [3.8, 4) is 5.75 Å². The van der Waals surface area contributed by atoms with Crippen LogP contribution in [0.5, 0.6) is 5.75 Å². The normalized spacial score (nSPS) is 9.89. The van der Waals surface area contributed by atoms with E-state index in [0.29, 0.717) is 30.1 Å². The molecule has 2 N–H and O–H groups in total. The molecule has 1 rings (SSSR count). The van der Waals surface area contributed by atoms with Gasteiger partial charge in [-0.1, -0.05) is 19.1 Å². The maximum atomic E-state index is 12.4. The highest BCUT2D eigenvalue weighted by molar-refractivity contribution is 6.01. The second-order valence-electron chi connectivity index (χ2n) is 3.96. The minimum Gasteiger partial charge on any atom is -0.496 e. The Labute approximate surface area is 108 Å². The van der Waals surface area contributed by atoms with Gasteiger partial charge in [-0.15, -0.1) is 6.58 Å². The van der Waals surface area contributed by atoms with Gasteiger partial charge >= 0.3 is 0 Å². The smallest absolute Gasteiger partial charge is 0.260 e. The molecule has 0 saturated heterocycles. The van der Waals surface area contributed by atoms with E-state index >= 15 is 0 Å². The molecule has 0 aromatic heterocycles. The van der Waals surface area contributed by atoms with Crippen LogP contribution in [0, 0.1) is 0 Å². The van der Waals surface area contributed by atoms with Gasteiger partial charge in [0.2, 0.25) is 0 Å². The summed E-state index contributed by atoms with van der Waals surface area (Å²) in [6.07, 6.45) is 2.59. The van der Waals surface area contributed by atoms with E-state index in [0.717, 1.165) is 6.42 Å². The van der Waals surface area contributed by atoms with Crippen molar-refractivity contribution in [1.82, 2.24) is 4.90 Å². The number of ether oxygens (including phenoxy) is 1. The highest BCUT2D eigenvalue weighted by Gasteiger charge is 2.20. The quantitative estimate of drug-likeness (QED) is 0.621. The van der Waals surface area contributed by atoms with E-state index in [2.05, 4.69) is 6.58 Å². The van der Waals surface area contributed by atoms with Gasteiger partial charge in [0.15, 0.2) is 0 Å². The Bertz CT molecular complexity index is 430. The van der Waals surface area contributed by atoms with Gasteiger partial charge in [0.05, 0.1) is 7.11 Å². The fourth-order valence-electron chi connectivity index (χ4n) is 1.81. The third-order valence-corrected chi connectivity index (χ3v) is 2.62. The summed E-state index contributed by atoms with van der Waals surface area (Å²) in [5, 5.41) is 0. The largest absolute Gasteiger partial charge is 0.496 e. The van der Waals surface area contributed by atoms with Crippen LogP contribution < -0.4 is 10.5 Å². The first-order valence-electron chi connectivity index (χ1n) is 5.98. The first kappa shape index (κ1) is 14.1. The van der Waals surface area contributed by atoms with Crippen molar-refractivity contribution in [3.05, 3.63) is 36.4 Å². The van der Waals surface area contributed by atoms with Gasteiger partial charge in [0, 0.05) is 18.8 Å². The Morgan fingerprint density at radius 3 is 2.83 bits per heavy atom. The SMILES string of the molecule is C=CCN(CCC)C(=O)c1c(N)cccc1OC. The molecule has 0 aliphatic rings. The second kappa shape index (κ2) is 6.69. The van der Waals surface area contributed by atoms with Gasteiger partial charge in [0.1, 0.15) is 11.3 Å². The molecule has 0 atom stereocenters. The molecule has 0 heterocycles. The average molecular weight is 248 g/mol. The first-order valence-corrected chi connectivity index (χ1v) is 5.98. The number of carbonyl (C=O) groups excluding carboxylic acids is 1. The number of nitrogens with two attached hydrogens (primary N) is 1. The molecule has 0 bridgehead atoms. The van der Waals surface area contributed by atoms with Crippen molar-refractivity contribution < 1.29 is 9.53 Å². The number of methoxy groups -OCH3 is 1. The molecular weight excluding hydrogens is 228 g/mol. The molecule has 98 valence electrons. The van der Waals surface area contributed by atoms with E-state index in [-0.39, 0.29) is 5.91 Å². The Morgan fingerprint density at radius 2 is 2.28 bits per heavy atom. The summed E-state index contributed by atoms with van der Waals surface area (Å²) < 4.78 is 5.20. The lowest BCUT2D eigenvalue weighted by Gasteiger charge is -2.22. The van der Waals surface area contributed by atoms with E-state index < -0.39 is 0 Å². The molecule has 0 saturated carbocycles. The summed E-state index contributed by atoms with van der Waals surface area (Å²) in [5.74, 6) is 0.386. The summed E-state index contributed by atoms with van der Waals surface area (Å²) in [5.41, 5.74) is 6.74. The number of hydrogen-bond donors (Lipinski definition) is 1. The maximum Gasteiger partial charge on any atom is 0.260 e. The Kier molecular flexibility index (Phi) is 5.24. The van der Waals surface area contributed by atoms with Crippen molar-refractivity contribution >= 4 is 11.6 Å². The minimum absolute atomic E-state index is 0.119. The van der Waals surface area contributed by atoms with E-state index in [1.807, 2.05) is 6.92 Å². The molecule has 0 unspecified atom stereocenters. The van der Waals surface area contributed by atoms with E-state index in [9.17, 15) is 4.79 Å². The average Bonchev–Trinajstić information content (AvgIpc) is 2.37. The van der Waals surface area contributed by atoms with Crippen molar-refractivity contribution in [2.75, 3.05) is 25.9 Å². The number of nitrogens with zero attached hydrogens (tertiary/aromatic N) is 1. The zero-order valence-corrected chi connectivity index (χ0v) is 11.0. The van der Waals surface area contributed by atoms with Gasteiger partial charge in [0.25, 0.3) is 5.91 Å². The van der Waals surface area contributed by atoms with Crippen LogP contribution in [0.25, 0.3) is 0 Å². The van der Waals surface area contributed by atoms with Crippen LogP contribution in [-0.2, 0) is 0 Å². The van der Waals surface area contributed by atoms with Crippen molar-refractivity contribution in [2.24, 2.45) is 0 Å². The number of carbonyl (C=O) groups is 1. The Hall–Kier alpha value is -1.97. The predicted octanol–water partition coefficient (Wildman–Crippen LogP) is 2.32. The van der Waals surface area contributed by atoms with Gasteiger partial charge < -0.3 is 15.4 Å². The molecule has 1 aromatic rings. The van der Waals surface area contributed by atoms with E-state index in [1.54, 1.807) is 29.2 Å². The predicted molar refractivity (Wildman–Crippen MR) is 73.8 cm³/mol. The number of anilines is 1. The third-order valence-electron chi connectivity index (χ3n) is 2.62. The Balaban J connectivity index is 3.10. The fraction of sp³-hybridized carbons (Fsp3) is 0.357. The highest BCUT2D eigenvalue weighted by Crippen LogP contribution is 2.25. The number of amides is 1. The number of nitrogen functional groups attached to an aromatic ring is 1. The topological polar surface area (TPSA) is 55.6 Å². The Morgan fingerprint density at radius 1 is 1.56 bits per heavy atom. The standard InChI is InChI=1S/C14H20N2O2/c1-4-9-16(10-5-2)14(17)13-11(15)7-6-8-12(13)18-3/h4,6-8H,1,5,9-10,15H2,2-3H3. The molecule has 4 heteroatoms. The lowest BCUT2D eigenvalue weighted by atomic mass is 10.1. The molecule has 1 aromatic carbocycles. The number of benzene rings is 1. The fourth-order valence-corrected chi connectivity index (χ4v) is 1.81. The van der Waals surface area contributed by atoms with E-state index in [1.165, 1.54) is 7.11 Å². The van der Waals surface area contributed by atoms with Crippen LogP contribution >= 0.6 is 0 Å². The van der Waals surface area contributed by atoms with Crippen molar-refractivity contribution in [2.45, 2.75) is 13.3 Å². The summed E-state index contributed by atoms with van der Waals surface area (Å²) in [4.78, 5) is 14.2. The van der Waals surface area contributed by atoms with Gasteiger partial charge in [-0.05, 0) is 18.6 Å². The minimum atomic E-state index is -0.119. The summed E-state index contributed by atoms with van der Waals surface area (Å²) in [6, 6.07) is 5.21. The second-order valence-corrected chi connectivity index (χ2v) is 3.96. The first-order chi connectivity index (χ1) is 8.65. The van der Waals surface area contributed by atoms with Crippen LogP contribution in [-0.4, -0.2) is 31.0 Å². The molecular formula is C14H20N2O2. The molecule has 0 radical (unpaired) electrons. The molecule has 0 aliphatic heterocycles. The molecule has 0 fully saturated rings. The lowest BCUT2D eigenvalue weighted by Crippen LogP contribution is -2.32. The van der Waals surface area contributed by atoms with Crippen molar-refractivity contribution in [1.29, 1.82) is 0 Å². The van der Waals surface area contributed by atoms with Crippen LogP contribution in [0.4, 0.5) is 5.69 Å². The molecule has 0 aliphatic carbocycles. The van der Waals surface area contributed by atoms with Crippen LogP contribution in [0.15, 0.2) is 30.9 Å². The van der Waals surface area contributed by atoms with Gasteiger partial charge in [-0.3, -0.25) is 4.79 Å². The maximum absolute atomic E-state index is 12.4. The van der Waals surface area contributed by atoms with E-state index in [4.69, 9.17) is 10.5 Å². The molecule has 18 heavy (non-hydrogen) atoms. The number of rotatable bonds is 6. The summed E-state index contributed by atoms with van der Waals surface area (Å²) in [7, 11) is 1.53. The monoisotopic (exact) mass is 248 g/mol. The zero-order chi connectivity index (χ0) is 13.5. The van der Waals surface area contributed by atoms with Gasteiger partial charge in [-0.2, -0.15) is 0 Å². The van der Waals surface area contributed by atoms with Crippen LogP contribution in [0.2, 0.25) is 0 Å². The molecule has 1 amide bonds. The van der Waals surface area contributed by atoms with Crippen molar-refractivity contribution in [3.63, 3.8) is 0 Å². The van der Waals surface area contributed by atoms with Gasteiger partial charge in [-0.25, -0.2) is 0 Å². The lowest BCUT2D eigenvalue weighted by molar-refractivity contribution is 0.0771. The third kappa shape index (κ3) is 3.03. The molecule has 0 spiro atoms. The molecule has 4 nitrogen and oxygen atoms in total. The van der Waals surface area contributed by atoms with Crippen LogP contribution in [0.3, 0.4) is 0 Å². The summed E-state index contributed by atoms with van der Waals surface area (Å²) in [6.45, 7) is 6.86. The van der Waals surface area contributed by atoms with Crippen LogP contribution in [0.1, 0.15) is 23.7 Å². The highest BCUT2D eigenvalue weighted by atomic mass is 16.5. The zero-order valence-electron chi connectivity index (χ0n) is 11.0. The summed E-state index contributed by atoms with van der Waals surface area (Å²) >= 11 is 0.